The van der Waals surface area contributed by atoms with Crippen molar-refractivity contribution in [2.75, 3.05) is 24.6 Å². The van der Waals surface area contributed by atoms with Crippen LogP contribution in [-0.2, 0) is 0 Å². The van der Waals surface area contributed by atoms with Gasteiger partial charge in [-0.15, -0.1) is 0 Å². The Morgan fingerprint density at radius 2 is 2.03 bits per heavy atom. The lowest BCUT2D eigenvalue weighted by Crippen LogP contribution is -2.19. The van der Waals surface area contributed by atoms with Crippen molar-refractivity contribution in [1.82, 2.24) is 4.98 Å². The lowest BCUT2D eigenvalue weighted by molar-refractivity contribution is 0.623. The van der Waals surface area contributed by atoms with Gasteiger partial charge in [0, 0.05) is 66.6 Å². The van der Waals surface area contributed by atoms with Gasteiger partial charge in [-0.05, 0) is 55.7 Å². The minimum Gasteiger partial charge on any atom is -0.402 e. The molecule has 1 atom stereocenters. The highest BCUT2D eigenvalue weighted by Crippen LogP contribution is 2.33. The van der Waals surface area contributed by atoms with Gasteiger partial charge in [0.05, 0.1) is 11.4 Å². The molecule has 1 aliphatic heterocycles. The summed E-state index contributed by atoms with van der Waals surface area (Å²) < 4.78 is 14.3. The summed E-state index contributed by atoms with van der Waals surface area (Å²) in [4.78, 5) is 13.4. The zero-order valence-corrected chi connectivity index (χ0v) is 19.6. The van der Waals surface area contributed by atoms with E-state index >= 15 is 0 Å². The van der Waals surface area contributed by atoms with E-state index in [-0.39, 0.29) is 11.9 Å². The first-order chi connectivity index (χ1) is 15.8. The molecule has 7 nitrogen and oxygen atoms in total. The largest absolute Gasteiger partial charge is 0.402 e. The Kier molecular flexibility index (Phi) is 7.48. The van der Waals surface area contributed by atoms with Crippen LogP contribution in [0.2, 0.25) is 0 Å². The van der Waals surface area contributed by atoms with Crippen LogP contribution < -0.4 is 22.5 Å². The van der Waals surface area contributed by atoms with E-state index in [1.807, 2.05) is 26.8 Å². The highest BCUT2D eigenvalue weighted by Gasteiger charge is 2.22. The van der Waals surface area contributed by atoms with Crippen molar-refractivity contribution < 1.29 is 4.39 Å². The van der Waals surface area contributed by atoms with Crippen LogP contribution in [0.25, 0.3) is 5.70 Å². The summed E-state index contributed by atoms with van der Waals surface area (Å²) in [6.45, 7) is 6.46. The van der Waals surface area contributed by atoms with Gasteiger partial charge in [-0.25, -0.2) is 9.37 Å². The Balaban J connectivity index is 2.41. The molecule has 0 saturated heterocycles. The van der Waals surface area contributed by atoms with Gasteiger partial charge >= 0.3 is 0 Å². The highest BCUT2D eigenvalue weighted by atomic mass is 19.1. The lowest BCUT2D eigenvalue weighted by Gasteiger charge is -2.24. The Morgan fingerprint density at radius 1 is 1.27 bits per heavy atom. The number of aromatic nitrogens is 1. The smallest absolute Gasteiger partial charge is 0.146 e. The number of nitrogen functional groups attached to an aromatic ring is 1. The Bertz CT molecular complexity index is 1160. The van der Waals surface area contributed by atoms with Crippen LogP contribution >= 0.6 is 0 Å². The number of pyridine rings is 1. The van der Waals surface area contributed by atoms with Crippen molar-refractivity contribution in [3.8, 4) is 0 Å². The van der Waals surface area contributed by atoms with Crippen LogP contribution in [-0.4, -0.2) is 30.5 Å². The molecule has 2 heterocycles. The number of nitrogens with one attached hydrogen (secondary N) is 1. The van der Waals surface area contributed by atoms with E-state index in [9.17, 15) is 4.39 Å². The van der Waals surface area contributed by atoms with Crippen LogP contribution in [0.15, 0.2) is 57.3 Å². The second-order valence-corrected chi connectivity index (χ2v) is 7.94. The van der Waals surface area contributed by atoms with Crippen molar-refractivity contribution in [3.05, 3.63) is 69.8 Å². The number of nitrogens with zero attached hydrogens (tertiary/aromatic N) is 3. The number of nitrogens with two attached hydrogens (primary N) is 3. The molecule has 0 fully saturated rings. The standard InChI is InChI=1S/C25H32FN7/c1-5-21(27)20-9-15(12-30-4)23(28)18-8-7-17(26)11-19(18)14(3)33-22-10-16(13-32-25(22)29)24(20)31-6-2/h7-8,10-14,33H,5-6,9,27-28H2,1-4H3,(H2,29,32)/t14-/m1/s1. The summed E-state index contributed by atoms with van der Waals surface area (Å²) in [6.07, 6.45) is 4.48. The third-order valence-corrected chi connectivity index (χ3v) is 5.70. The van der Waals surface area contributed by atoms with Crippen LogP contribution in [0.4, 0.5) is 15.9 Å². The van der Waals surface area contributed by atoms with Gasteiger partial charge in [-0.1, -0.05) is 6.92 Å². The minimum absolute atomic E-state index is 0.296. The SMILES string of the molecule is CCN=C1C(=C(N)CC)CC(C=NC)=C(N)c2ccc(F)cc2[C@@H](C)Nc2cc1cnc2N. The van der Waals surface area contributed by atoms with E-state index in [1.165, 1.54) is 12.1 Å². The molecule has 3 rings (SSSR count). The molecule has 0 spiro atoms. The van der Waals surface area contributed by atoms with Crippen molar-refractivity contribution in [2.24, 2.45) is 21.5 Å². The van der Waals surface area contributed by atoms with Crippen molar-refractivity contribution in [3.63, 3.8) is 0 Å². The zero-order chi connectivity index (χ0) is 24.1. The second kappa shape index (κ2) is 10.3. The normalized spacial score (nSPS) is 19.7. The summed E-state index contributed by atoms with van der Waals surface area (Å²) >= 11 is 0. The molecule has 0 radical (unpaired) electrons. The Hall–Kier alpha value is -3.68. The number of halogens is 1. The third kappa shape index (κ3) is 5.05. The highest BCUT2D eigenvalue weighted by molar-refractivity contribution is 6.14. The van der Waals surface area contributed by atoms with Crippen LogP contribution in [0, 0.1) is 5.82 Å². The van der Waals surface area contributed by atoms with E-state index in [0.29, 0.717) is 47.8 Å². The number of hydrogen-bond acceptors (Lipinski definition) is 7. The monoisotopic (exact) mass is 449 g/mol. The van der Waals surface area contributed by atoms with Gasteiger partial charge in [-0.2, -0.15) is 0 Å². The van der Waals surface area contributed by atoms with Gasteiger partial charge in [0.15, 0.2) is 0 Å². The maximum atomic E-state index is 14.3. The molecule has 2 bridgehead atoms. The van der Waals surface area contributed by atoms with Gasteiger partial charge < -0.3 is 22.5 Å². The predicted molar refractivity (Wildman–Crippen MR) is 136 cm³/mol. The summed E-state index contributed by atoms with van der Waals surface area (Å²) in [7, 11) is 1.69. The van der Waals surface area contributed by atoms with Crippen molar-refractivity contribution >= 4 is 29.1 Å². The maximum Gasteiger partial charge on any atom is 0.146 e. The first kappa shape index (κ1) is 24.0. The third-order valence-electron chi connectivity index (χ3n) is 5.70. The zero-order valence-electron chi connectivity index (χ0n) is 19.6. The molecule has 0 aliphatic carbocycles. The fourth-order valence-electron chi connectivity index (χ4n) is 3.98. The average molecular weight is 450 g/mol. The van der Waals surface area contributed by atoms with E-state index in [0.717, 1.165) is 28.0 Å². The molecular weight excluding hydrogens is 417 g/mol. The number of hydrogen-bond donors (Lipinski definition) is 4. The fourth-order valence-corrected chi connectivity index (χ4v) is 3.98. The van der Waals surface area contributed by atoms with Crippen molar-refractivity contribution in [2.45, 2.75) is 39.7 Å². The first-order valence-corrected chi connectivity index (χ1v) is 11.1. The molecule has 174 valence electrons. The molecule has 2 aromatic rings. The van der Waals surface area contributed by atoms with E-state index in [1.54, 1.807) is 25.5 Å². The van der Waals surface area contributed by atoms with Gasteiger partial charge in [0.2, 0.25) is 0 Å². The quantitative estimate of drug-likeness (QED) is 0.523. The molecule has 1 aromatic heterocycles. The number of anilines is 2. The average Bonchev–Trinajstić information content (AvgIpc) is 2.80. The van der Waals surface area contributed by atoms with Crippen LogP contribution in [0.3, 0.4) is 0 Å². The molecule has 33 heavy (non-hydrogen) atoms. The van der Waals surface area contributed by atoms with Crippen molar-refractivity contribution in [1.29, 1.82) is 0 Å². The summed E-state index contributed by atoms with van der Waals surface area (Å²) in [5.74, 6) is -0.00574. The minimum atomic E-state index is -0.346. The van der Waals surface area contributed by atoms with Crippen LogP contribution in [0.1, 0.15) is 56.3 Å². The molecule has 7 N–H and O–H groups in total. The Morgan fingerprint density at radius 3 is 2.70 bits per heavy atom. The second-order valence-electron chi connectivity index (χ2n) is 7.94. The van der Waals surface area contributed by atoms with E-state index in [2.05, 4.69) is 15.3 Å². The van der Waals surface area contributed by atoms with E-state index in [4.69, 9.17) is 22.2 Å². The molecule has 0 amide bonds. The Labute approximate surface area is 194 Å². The fraction of sp³-hybridized carbons (Fsp3) is 0.320. The number of aliphatic imine (C=N–C) groups is 2. The van der Waals surface area contributed by atoms with Gasteiger partial charge in [0.25, 0.3) is 0 Å². The number of allylic oxidation sites excluding steroid dienone is 3. The number of benzene rings is 1. The summed E-state index contributed by atoms with van der Waals surface area (Å²) in [5, 5.41) is 3.37. The molecular formula is C25H32FN7. The van der Waals surface area contributed by atoms with Gasteiger partial charge in [-0.3, -0.25) is 9.98 Å². The number of fused-ring (bicyclic) bond motifs is 3. The topological polar surface area (TPSA) is 128 Å². The summed E-state index contributed by atoms with van der Waals surface area (Å²) in [5.41, 5.74) is 25.8. The van der Waals surface area contributed by atoms with Gasteiger partial charge in [0.1, 0.15) is 11.6 Å². The number of rotatable bonds is 3. The van der Waals surface area contributed by atoms with Crippen LogP contribution in [0.5, 0.6) is 0 Å². The summed E-state index contributed by atoms with van der Waals surface area (Å²) in [6, 6.07) is 6.20. The predicted octanol–water partition coefficient (Wildman–Crippen LogP) is 4.18. The molecule has 1 aromatic carbocycles. The molecule has 1 aliphatic rings. The maximum absolute atomic E-state index is 14.3. The van der Waals surface area contributed by atoms with E-state index < -0.39 is 0 Å². The lowest BCUT2D eigenvalue weighted by atomic mass is 9.90. The molecule has 0 saturated carbocycles. The molecule has 8 heteroatoms. The molecule has 0 unspecified atom stereocenters. The first-order valence-electron chi connectivity index (χ1n) is 11.1.